The summed E-state index contributed by atoms with van der Waals surface area (Å²) >= 11 is 0. The predicted octanol–water partition coefficient (Wildman–Crippen LogP) is 3.07. The van der Waals surface area contributed by atoms with Gasteiger partial charge in [-0.15, -0.1) is 0 Å². The third-order valence-corrected chi connectivity index (χ3v) is 6.32. The number of nitrogens with zero attached hydrogens (tertiary/aromatic N) is 5. The quantitative estimate of drug-likeness (QED) is 0.421. The van der Waals surface area contributed by atoms with Gasteiger partial charge in [0, 0.05) is 44.4 Å². The van der Waals surface area contributed by atoms with Gasteiger partial charge in [-0.2, -0.15) is 5.26 Å². The number of amides is 3. The third kappa shape index (κ3) is 7.32. The first-order valence-corrected chi connectivity index (χ1v) is 13.1. The van der Waals surface area contributed by atoms with Crippen LogP contribution in [0.5, 0.6) is 0 Å². The Balaban J connectivity index is 1.50. The van der Waals surface area contributed by atoms with Crippen LogP contribution < -0.4 is 10.6 Å². The SMILES string of the molecule is CCOC(=O)N1CCN(C(=O)[C@H](CC#N)NC(=O)c2cc(NCc3ccccc3)nc(-c3ccccc3)n2)CC1. The number of ether oxygens (including phenoxy) is 1. The van der Waals surface area contributed by atoms with Crippen LogP contribution in [0.15, 0.2) is 66.7 Å². The Bertz CT molecular complexity index is 1350. The van der Waals surface area contributed by atoms with Crippen LogP contribution in [-0.4, -0.2) is 76.5 Å². The van der Waals surface area contributed by atoms with E-state index in [1.807, 2.05) is 66.7 Å². The molecule has 0 bridgehead atoms. The minimum Gasteiger partial charge on any atom is -0.450 e. The van der Waals surface area contributed by atoms with Gasteiger partial charge in [-0.25, -0.2) is 14.8 Å². The maximum Gasteiger partial charge on any atom is 0.409 e. The number of rotatable bonds is 9. The molecule has 2 aromatic carbocycles. The molecule has 2 heterocycles. The molecule has 3 amide bonds. The van der Waals surface area contributed by atoms with Crippen LogP contribution in [0, 0.1) is 11.3 Å². The number of nitriles is 1. The molecule has 1 aliphatic heterocycles. The number of hydrogen-bond donors (Lipinski definition) is 2. The number of benzene rings is 2. The van der Waals surface area contributed by atoms with E-state index in [1.165, 1.54) is 11.0 Å². The molecule has 206 valence electrons. The van der Waals surface area contributed by atoms with Crippen LogP contribution in [0.3, 0.4) is 0 Å². The Labute approximate surface area is 232 Å². The monoisotopic (exact) mass is 541 g/mol. The molecule has 0 unspecified atom stereocenters. The van der Waals surface area contributed by atoms with Crippen molar-refractivity contribution in [1.82, 2.24) is 25.1 Å². The van der Waals surface area contributed by atoms with Crippen molar-refractivity contribution in [2.24, 2.45) is 0 Å². The Morgan fingerprint density at radius 2 is 1.62 bits per heavy atom. The van der Waals surface area contributed by atoms with Crippen LogP contribution in [0.25, 0.3) is 11.4 Å². The second-order valence-electron chi connectivity index (χ2n) is 9.07. The summed E-state index contributed by atoms with van der Waals surface area (Å²) in [7, 11) is 0. The summed E-state index contributed by atoms with van der Waals surface area (Å²) < 4.78 is 5.02. The first-order valence-electron chi connectivity index (χ1n) is 13.1. The standard InChI is InChI=1S/C29H31N7O4/c1-2-40-29(39)36-17-15-35(16-18-36)28(38)23(13-14-30)33-27(37)24-19-25(31-20-21-9-5-3-6-10-21)34-26(32-24)22-11-7-4-8-12-22/h3-12,19,23H,2,13,15-18,20H2,1H3,(H,33,37)(H,31,32,34)/t23-/m0/s1. The van der Waals surface area contributed by atoms with E-state index >= 15 is 0 Å². The minimum absolute atomic E-state index is 0.0623. The normalized spacial score (nSPS) is 13.6. The molecule has 0 saturated carbocycles. The molecule has 40 heavy (non-hydrogen) atoms. The van der Waals surface area contributed by atoms with Crippen LogP contribution in [0.2, 0.25) is 0 Å². The molecule has 2 N–H and O–H groups in total. The van der Waals surface area contributed by atoms with E-state index in [2.05, 4.69) is 20.6 Å². The van der Waals surface area contributed by atoms with Gasteiger partial charge in [0.05, 0.1) is 19.1 Å². The zero-order valence-electron chi connectivity index (χ0n) is 22.2. The Morgan fingerprint density at radius 3 is 2.27 bits per heavy atom. The lowest BCUT2D eigenvalue weighted by atomic mass is 10.1. The highest BCUT2D eigenvalue weighted by Gasteiger charge is 2.31. The Hall–Kier alpha value is -4.98. The van der Waals surface area contributed by atoms with E-state index < -0.39 is 23.9 Å². The molecule has 11 nitrogen and oxygen atoms in total. The number of piperazine rings is 1. The molecule has 0 spiro atoms. The number of carbonyl (C=O) groups excluding carboxylic acids is 3. The zero-order chi connectivity index (χ0) is 28.3. The van der Waals surface area contributed by atoms with Crippen molar-refractivity contribution < 1.29 is 19.1 Å². The van der Waals surface area contributed by atoms with Crippen molar-refractivity contribution in [2.45, 2.75) is 25.9 Å². The van der Waals surface area contributed by atoms with Gasteiger partial charge in [0.1, 0.15) is 17.6 Å². The minimum atomic E-state index is -1.07. The fraction of sp³-hybridized carbons (Fsp3) is 0.310. The van der Waals surface area contributed by atoms with E-state index in [4.69, 9.17) is 4.74 Å². The van der Waals surface area contributed by atoms with E-state index in [-0.39, 0.29) is 31.8 Å². The van der Waals surface area contributed by atoms with Crippen LogP contribution in [0.1, 0.15) is 29.4 Å². The van der Waals surface area contributed by atoms with Crippen LogP contribution in [-0.2, 0) is 16.1 Å². The highest BCUT2D eigenvalue weighted by atomic mass is 16.6. The molecular formula is C29H31N7O4. The average molecular weight is 542 g/mol. The topological polar surface area (TPSA) is 141 Å². The summed E-state index contributed by atoms with van der Waals surface area (Å²) in [5.74, 6) is -0.192. The molecule has 0 aliphatic carbocycles. The summed E-state index contributed by atoms with van der Waals surface area (Å²) in [5.41, 5.74) is 1.83. The Morgan fingerprint density at radius 1 is 0.975 bits per heavy atom. The maximum absolute atomic E-state index is 13.4. The number of hydrogen-bond acceptors (Lipinski definition) is 8. The molecular weight excluding hydrogens is 510 g/mol. The van der Waals surface area contributed by atoms with Gasteiger partial charge in [0.15, 0.2) is 5.82 Å². The average Bonchev–Trinajstić information content (AvgIpc) is 3.00. The zero-order valence-corrected chi connectivity index (χ0v) is 22.2. The van der Waals surface area contributed by atoms with E-state index in [1.54, 1.807) is 11.8 Å². The van der Waals surface area contributed by atoms with Gasteiger partial charge in [-0.3, -0.25) is 9.59 Å². The van der Waals surface area contributed by atoms with Gasteiger partial charge in [-0.1, -0.05) is 60.7 Å². The third-order valence-electron chi connectivity index (χ3n) is 6.32. The summed E-state index contributed by atoms with van der Waals surface area (Å²) in [6, 6.07) is 21.5. The lowest BCUT2D eigenvalue weighted by molar-refractivity contribution is -0.134. The van der Waals surface area contributed by atoms with Gasteiger partial charge in [-0.05, 0) is 12.5 Å². The van der Waals surface area contributed by atoms with Crippen LogP contribution >= 0.6 is 0 Å². The molecule has 3 aromatic rings. The van der Waals surface area contributed by atoms with Crippen molar-refractivity contribution in [3.8, 4) is 17.5 Å². The molecule has 1 aromatic heterocycles. The second kappa shape index (κ2) is 13.7. The predicted molar refractivity (Wildman–Crippen MR) is 148 cm³/mol. The number of aromatic nitrogens is 2. The smallest absolute Gasteiger partial charge is 0.409 e. The maximum atomic E-state index is 13.4. The first kappa shape index (κ1) is 28.0. The molecule has 4 rings (SSSR count). The van der Waals surface area contributed by atoms with Crippen LogP contribution in [0.4, 0.5) is 10.6 Å². The molecule has 0 radical (unpaired) electrons. The molecule has 11 heteroatoms. The number of anilines is 1. The van der Waals surface area contributed by atoms with Crippen molar-refractivity contribution in [2.75, 3.05) is 38.1 Å². The molecule has 1 atom stereocenters. The van der Waals surface area contributed by atoms with E-state index in [0.717, 1.165) is 11.1 Å². The van der Waals surface area contributed by atoms with Gasteiger partial charge >= 0.3 is 6.09 Å². The van der Waals surface area contributed by atoms with Gasteiger partial charge in [0.25, 0.3) is 5.91 Å². The largest absolute Gasteiger partial charge is 0.450 e. The van der Waals surface area contributed by atoms with Crippen molar-refractivity contribution in [1.29, 1.82) is 5.26 Å². The number of carbonyl (C=O) groups is 3. The Kier molecular flexibility index (Phi) is 9.61. The lowest BCUT2D eigenvalue weighted by Gasteiger charge is -2.35. The fourth-order valence-electron chi connectivity index (χ4n) is 4.23. The summed E-state index contributed by atoms with van der Waals surface area (Å²) in [4.78, 5) is 50.7. The van der Waals surface area contributed by atoms with Gasteiger partial charge < -0.3 is 25.2 Å². The summed E-state index contributed by atoms with van der Waals surface area (Å²) in [6.07, 6.45) is -0.635. The van der Waals surface area contributed by atoms with Crippen molar-refractivity contribution >= 4 is 23.7 Å². The highest BCUT2D eigenvalue weighted by molar-refractivity contribution is 5.97. The van der Waals surface area contributed by atoms with Gasteiger partial charge in [0.2, 0.25) is 5.91 Å². The van der Waals surface area contributed by atoms with Crippen molar-refractivity contribution in [3.05, 3.63) is 78.0 Å². The molecule has 1 saturated heterocycles. The summed E-state index contributed by atoms with van der Waals surface area (Å²) in [6.45, 7) is 3.65. The number of nitrogens with one attached hydrogen (secondary N) is 2. The fourth-order valence-corrected chi connectivity index (χ4v) is 4.23. The highest BCUT2D eigenvalue weighted by Crippen LogP contribution is 2.19. The lowest BCUT2D eigenvalue weighted by Crippen LogP contribution is -2.55. The molecule has 1 aliphatic rings. The van der Waals surface area contributed by atoms with E-state index in [0.29, 0.717) is 31.3 Å². The summed E-state index contributed by atoms with van der Waals surface area (Å²) in [5, 5.41) is 15.3. The first-order chi connectivity index (χ1) is 19.5. The molecule has 1 fully saturated rings. The second-order valence-corrected chi connectivity index (χ2v) is 9.07. The van der Waals surface area contributed by atoms with Crippen molar-refractivity contribution in [3.63, 3.8) is 0 Å². The van der Waals surface area contributed by atoms with E-state index in [9.17, 15) is 19.6 Å².